The quantitative estimate of drug-likeness (QED) is 0.852. The summed E-state index contributed by atoms with van der Waals surface area (Å²) in [5.41, 5.74) is 10.1. The van der Waals surface area contributed by atoms with Crippen LogP contribution in [0.2, 0.25) is 0 Å². The molecule has 100 valence electrons. The molecular formula is C16H21N3. The maximum absolute atomic E-state index is 5.88. The van der Waals surface area contributed by atoms with Crippen LogP contribution in [-0.4, -0.2) is 4.98 Å². The third-order valence-electron chi connectivity index (χ3n) is 3.17. The van der Waals surface area contributed by atoms with Gasteiger partial charge >= 0.3 is 0 Å². The van der Waals surface area contributed by atoms with Crippen LogP contribution in [0, 0.1) is 6.92 Å². The summed E-state index contributed by atoms with van der Waals surface area (Å²) in [4.78, 5) is 4.31. The van der Waals surface area contributed by atoms with E-state index in [9.17, 15) is 0 Å². The lowest BCUT2D eigenvalue weighted by atomic mass is 9.87. The number of aryl methyl sites for hydroxylation is 1. The van der Waals surface area contributed by atoms with Gasteiger partial charge in [0.25, 0.3) is 0 Å². The lowest BCUT2D eigenvalue weighted by Crippen LogP contribution is -2.10. The Morgan fingerprint density at radius 2 is 1.74 bits per heavy atom. The first kappa shape index (κ1) is 13.4. The van der Waals surface area contributed by atoms with Crippen LogP contribution >= 0.6 is 0 Å². The van der Waals surface area contributed by atoms with E-state index in [0.29, 0.717) is 0 Å². The second-order valence-corrected chi connectivity index (χ2v) is 5.88. The highest BCUT2D eigenvalue weighted by atomic mass is 15.0. The summed E-state index contributed by atoms with van der Waals surface area (Å²) in [6, 6.07) is 10.3. The van der Waals surface area contributed by atoms with Crippen molar-refractivity contribution in [3.63, 3.8) is 0 Å². The number of nitrogen functional groups attached to an aromatic ring is 1. The smallest absolute Gasteiger partial charge is 0.132 e. The first-order chi connectivity index (χ1) is 8.86. The van der Waals surface area contributed by atoms with Gasteiger partial charge in [-0.15, -0.1) is 0 Å². The van der Waals surface area contributed by atoms with Crippen molar-refractivity contribution in [3.8, 4) is 0 Å². The highest BCUT2D eigenvalue weighted by molar-refractivity contribution is 5.61. The zero-order valence-corrected chi connectivity index (χ0v) is 12.0. The minimum atomic E-state index is 0.172. The van der Waals surface area contributed by atoms with E-state index >= 15 is 0 Å². The Morgan fingerprint density at radius 3 is 2.26 bits per heavy atom. The van der Waals surface area contributed by atoms with Crippen molar-refractivity contribution in [3.05, 3.63) is 47.7 Å². The molecule has 0 atom stereocenters. The van der Waals surface area contributed by atoms with Crippen LogP contribution in [0.3, 0.4) is 0 Å². The summed E-state index contributed by atoms with van der Waals surface area (Å²) < 4.78 is 0. The summed E-state index contributed by atoms with van der Waals surface area (Å²) in [5, 5.41) is 3.26. The molecular weight excluding hydrogens is 234 g/mol. The van der Waals surface area contributed by atoms with E-state index in [1.807, 2.05) is 13.0 Å². The molecule has 0 fully saturated rings. The van der Waals surface area contributed by atoms with Crippen molar-refractivity contribution >= 4 is 17.2 Å². The highest BCUT2D eigenvalue weighted by Crippen LogP contribution is 2.25. The number of pyridine rings is 1. The van der Waals surface area contributed by atoms with Gasteiger partial charge in [0.05, 0.1) is 0 Å². The average molecular weight is 255 g/mol. The molecule has 1 heterocycles. The summed E-state index contributed by atoms with van der Waals surface area (Å²) in [5.74, 6) is 0.770. The van der Waals surface area contributed by atoms with Crippen LogP contribution < -0.4 is 11.1 Å². The van der Waals surface area contributed by atoms with E-state index < -0.39 is 0 Å². The maximum atomic E-state index is 5.88. The van der Waals surface area contributed by atoms with Crippen LogP contribution in [-0.2, 0) is 5.41 Å². The number of rotatable bonds is 2. The first-order valence-electron chi connectivity index (χ1n) is 6.46. The van der Waals surface area contributed by atoms with Crippen LogP contribution in [0.5, 0.6) is 0 Å². The fraction of sp³-hybridized carbons (Fsp3) is 0.312. The molecule has 19 heavy (non-hydrogen) atoms. The lowest BCUT2D eigenvalue weighted by Gasteiger charge is -2.19. The number of hydrogen-bond donors (Lipinski definition) is 2. The number of benzene rings is 1. The molecule has 2 aromatic rings. The normalized spacial score (nSPS) is 11.4. The van der Waals surface area contributed by atoms with Crippen molar-refractivity contribution in [2.24, 2.45) is 0 Å². The van der Waals surface area contributed by atoms with Crippen LogP contribution in [0.1, 0.15) is 31.9 Å². The first-order valence-corrected chi connectivity index (χ1v) is 6.46. The average Bonchev–Trinajstić information content (AvgIpc) is 2.33. The predicted molar refractivity (Wildman–Crippen MR) is 81.8 cm³/mol. The van der Waals surface area contributed by atoms with Crippen molar-refractivity contribution in [2.75, 3.05) is 11.1 Å². The second-order valence-electron chi connectivity index (χ2n) is 5.88. The summed E-state index contributed by atoms with van der Waals surface area (Å²) in [6.07, 6.45) is 1.78. The van der Waals surface area contributed by atoms with Gasteiger partial charge in [-0.1, -0.05) is 32.9 Å². The van der Waals surface area contributed by atoms with Gasteiger partial charge in [0.2, 0.25) is 0 Å². The lowest BCUT2D eigenvalue weighted by molar-refractivity contribution is 0.590. The zero-order valence-electron chi connectivity index (χ0n) is 12.0. The van der Waals surface area contributed by atoms with Gasteiger partial charge in [0.1, 0.15) is 5.82 Å². The molecule has 0 amide bonds. The zero-order chi connectivity index (χ0) is 14.0. The Morgan fingerprint density at radius 1 is 1.11 bits per heavy atom. The van der Waals surface area contributed by atoms with Gasteiger partial charge in [-0.2, -0.15) is 0 Å². The summed E-state index contributed by atoms with van der Waals surface area (Å²) in [7, 11) is 0. The Bertz CT molecular complexity index is 566. The van der Waals surface area contributed by atoms with Crippen LogP contribution in [0.15, 0.2) is 36.5 Å². The molecule has 0 aliphatic carbocycles. The molecule has 0 saturated carbocycles. The van der Waals surface area contributed by atoms with Crippen molar-refractivity contribution < 1.29 is 0 Å². The highest BCUT2D eigenvalue weighted by Gasteiger charge is 2.12. The van der Waals surface area contributed by atoms with E-state index in [1.165, 1.54) is 5.56 Å². The number of nitrogens with two attached hydrogens (primary N) is 1. The van der Waals surface area contributed by atoms with Gasteiger partial charge in [-0.3, -0.25) is 0 Å². The largest absolute Gasteiger partial charge is 0.398 e. The molecule has 0 radical (unpaired) electrons. The fourth-order valence-electron chi connectivity index (χ4n) is 1.81. The number of anilines is 3. The van der Waals surface area contributed by atoms with Gasteiger partial charge in [-0.05, 0) is 35.6 Å². The minimum Gasteiger partial charge on any atom is -0.398 e. The molecule has 0 aliphatic rings. The van der Waals surface area contributed by atoms with Gasteiger partial charge < -0.3 is 11.1 Å². The summed E-state index contributed by atoms with van der Waals surface area (Å²) >= 11 is 0. The Hall–Kier alpha value is -2.03. The number of hydrogen-bond acceptors (Lipinski definition) is 3. The standard InChI is InChI=1S/C16H21N3/c1-11-10-18-15(9-14(11)17)19-13-7-5-12(6-8-13)16(2,3)4/h5-10H,1-4H3,(H3,17,18,19). The predicted octanol–water partition coefficient (Wildman–Crippen LogP) is 4.01. The van der Waals surface area contributed by atoms with E-state index in [2.05, 4.69) is 55.3 Å². The van der Waals surface area contributed by atoms with E-state index in [0.717, 1.165) is 22.8 Å². The fourth-order valence-corrected chi connectivity index (χ4v) is 1.81. The van der Waals surface area contributed by atoms with Gasteiger partial charge in [0.15, 0.2) is 0 Å². The molecule has 0 aliphatic heterocycles. The molecule has 0 bridgehead atoms. The van der Waals surface area contributed by atoms with Crippen molar-refractivity contribution in [1.29, 1.82) is 0 Å². The van der Waals surface area contributed by atoms with E-state index in [-0.39, 0.29) is 5.41 Å². The topological polar surface area (TPSA) is 50.9 Å². The molecule has 3 heteroatoms. The molecule has 1 aromatic heterocycles. The van der Waals surface area contributed by atoms with Crippen LogP contribution in [0.25, 0.3) is 0 Å². The van der Waals surface area contributed by atoms with Gasteiger partial charge in [-0.25, -0.2) is 4.98 Å². The van der Waals surface area contributed by atoms with Crippen molar-refractivity contribution in [2.45, 2.75) is 33.1 Å². The van der Waals surface area contributed by atoms with Crippen LogP contribution in [0.4, 0.5) is 17.2 Å². The number of nitrogens with zero attached hydrogens (tertiary/aromatic N) is 1. The maximum Gasteiger partial charge on any atom is 0.132 e. The number of aromatic nitrogens is 1. The molecule has 2 rings (SSSR count). The van der Waals surface area contributed by atoms with E-state index in [1.54, 1.807) is 6.20 Å². The molecule has 3 N–H and O–H groups in total. The third kappa shape index (κ3) is 3.25. The second kappa shape index (κ2) is 4.92. The molecule has 0 spiro atoms. The Balaban J connectivity index is 2.17. The van der Waals surface area contributed by atoms with Gasteiger partial charge in [0, 0.05) is 23.6 Å². The molecule has 1 aromatic carbocycles. The Labute approximate surface area is 114 Å². The molecule has 0 unspecified atom stereocenters. The Kier molecular flexibility index (Phi) is 3.47. The number of nitrogens with one attached hydrogen (secondary N) is 1. The molecule has 0 saturated heterocycles. The van der Waals surface area contributed by atoms with Crippen molar-refractivity contribution in [1.82, 2.24) is 4.98 Å². The monoisotopic (exact) mass is 255 g/mol. The summed E-state index contributed by atoms with van der Waals surface area (Å²) in [6.45, 7) is 8.57. The molecule has 3 nitrogen and oxygen atoms in total. The third-order valence-corrected chi connectivity index (χ3v) is 3.17. The van der Waals surface area contributed by atoms with E-state index in [4.69, 9.17) is 5.73 Å². The SMILES string of the molecule is Cc1cnc(Nc2ccc(C(C)(C)C)cc2)cc1N. The minimum absolute atomic E-state index is 0.172.